The fraction of sp³-hybridized carbons (Fsp3) is 0.545. The fourth-order valence-corrected chi connectivity index (χ4v) is 3.96. The van der Waals surface area contributed by atoms with Crippen molar-refractivity contribution in [3.05, 3.63) is 41.1 Å². The lowest BCUT2D eigenvalue weighted by Gasteiger charge is -2.33. The number of ether oxygens (including phenoxy) is 2. The summed E-state index contributed by atoms with van der Waals surface area (Å²) >= 11 is 0. The second kappa shape index (κ2) is 8.67. The van der Waals surface area contributed by atoms with Gasteiger partial charge in [-0.15, -0.1) is 0 Å². The number of hydrogen-bond acceptors (Lipinski definition) is 4. The van der Waals surface area contributed by atoms with Crippen LogP contribution in [0.25, 0.3) is 0 Å². The van der Waals surface area contributed by atoms with E-state index in [-0.39, 0.29) is 18.1 Å². The molecule has 2 amide bonds. The van der Waals surface area contributed by atoms with Crippen molar-refractivity contribution < 1.29 is 19.1 Å². The molecule has 0 aromatic heterocycles. The quantitative estimate of drug-likeness (QED) is 0.748. The summed E-state index contributed by atoms with van der Waals surface area (Å²) in [6.45, 7) is 8.70. The van der Waals surface area contributed by atoms with Gasteiger partial charge in [0.25, 0.3) is 0 Å². The van der Waals surface area contributed by atoms with Gasteiger partial charge in [-0.25, -0.2) is 9.59 Å². The highest BCUT2D eigenvalue weighted by molar-refractivity contribution is 5.95. The van der Waals surface area contributed by atoms with E-state index in [0.29, 0.717) is 29.7 Å². The van der Waals surface area contributed by atoms with Crippen LogP contribution in [0, 0.1) is 11.8 Å². The van der Waals surface area contributed by atoms with Gasteiger partial charge in [0.2, 0.25) is 0 Å². The molecule has 0 saturated heterocycles. The van der Waals surface area contributed by atoms with Gasteiger partial charge in [-0.3, -0.25) is 0 Å². The minimum Gasteiger partial charge on any atom is -0.494 e. The van der Waals surface area contributed by atoms with Gasteiger partial charge in [-0.05, 0) is 62.6 Å². The molecule has 6 heteroatoms. The van der Waals surface area contributed by atoms with E-state index in [1.165, 1.54) is 0 Å². The van der Waals surface area contributed by atoms with Crippen molar-refractivity contribution in [3.8, 4) is 5.75 Å². The highest BCUT2D eigenvalue weighted by Gasteiger charge is 2.34. The average Bonchev–Trinajstić information content (AvgIpc) is 2.65. The molecule has 28 heavy (non-hydrogen) atoms. The summed E-state index contributed by atoms with van der Waals surface area (Å²) in [5.74, 6) is 1.58. The Bertz CT molecular complexity index is 756. The lowest BCUT2D eigenvalue weighted by molar-refractivity contribution is -0.147. The average molecular weight is 386 g/mol. The molecule has 1 aliphatic heterocycles. The monoisotopic (exact) mass is 386 g/mol. The smallest absolute Gasteiger partial charge is 0.338 e. The summed E-state index contributed by atoms with van der Waals surface area (Å²) in [6, 6.07) is 6.55. The lowest BCUT2D eigenvalue weighted by atomic mass is 9.80. The molecule has 152 valence electrons. The number of esters is 1. The normalized spacial score (nSPS) is 27.6. The lowest BCUT2D eigenvalue weighted by Crippen LogP contribution is -2.45. The fourth-order valence-electron chi connectivity index (χ4n) is 3.96. The van der Waals surface area contributed by atoms with Gasteiger partial charge < -0.3 is 20.1 Å². The zero-order valence-corrected chi connectivity index (χ0v) is 17.1. The topological polar surface area (TPSA) is 76.7 Å². The molecule has 4 atom stereocenters. The highest BCUT2D eigenvalue weighted by Crippen LogP contribution is 2.33. The van der Waals surface area contributed by atoms with E-state index < -0.39 is 6.04 Å². The maximum absolute atomic E-state index is 13.0. The van der Waals surface area contributed by atoms with Crippen molar-refractivity contribution in [1.29, 1.82) is 0 Å². The van der Waals surface area contributed by atoms with Crippen LogP contribution in [-0.2, 0) is 9.53 Å². The van der Waals surface area contributed by atoms with Crippen molar-refractivity contribution in [1.82, 2.24) is 10.6 Å². The van der Waals surface area contributed by atoms with E-state index in [1.807, 2.05) is 31.2 Å². The second-order valence-electron chi connectivity index (χ2n) is 7.87. The summed E-state index contributed by atoms with van der Waals surface area (Å²) < 4.78 is 11.3. The van der Waals surface area contributed by atoms with Crippen LogP contribution in [0.1, 0.15) is 58.6 Å². The van der Waals surface area contributed by atoms with Gasteiger partial charge in [0, 0.05) is 5.70 Å². The van der Waals surface area contributed by atoms with Crippen LogP contribution in [0.15, 0.2) is 35.5 Å². The van der Waals surface area contributed by atoms with Gasteiger partial charge >= 0.3 is 12.0 Å². The molecule has 2 N–H and O–H groups in total. The van der Waals surface area contributed by atoms with E-state index in [0.717, 1.165) is 30.6 Å². The summed E-state index contributed by atoms with van der Waals surface area (Å²) in [5, 5.41) is 5.55. The molecule has 1 heterocycles. The van der Waals surface area contributed by atoms with Crippen LogP contribution < -0.4 is 15.4 Å². The molecular weight excluding hydrogens is 356 g/mol. The predicted octanol–water partition coefficient (Wildman–Crippen LogP) is 4.08. The summed E-state index contributed by atoms with van der Waals surface area (Å²) in [4.78, 5) is 25.1. The number of hydrogen-bond donors (Lipinski definition) is 2. The van der Waals surface area contributed by atoms with Gasteiger partial charge in [-0.2, -0.15) is 0 Å². The summed E-state index contributed by atoms with van der Waals surface area (Å²) in [7, 11) is 0. The maximum atomic E-state index is 13.0. The number of urea groups is 1. The summed E-state index contributed by atoms with van der Waals surface area (Å²) in [6.07, 6.45) is 2.76. The number of carbonyl (C=O) groups is 2. The Hall–Kier alpha value is -2.50. The molecule has 0 bridgehead atoms. The minimum absolute atomic E-state index is 0.0717. The molecule has 0 spiro atoms. The van der Waals surface area contributed by atoms with Crippen molar-refractivity contribution in [2.45, 2.75) is 59.1 Å². The molecule has 0 unspecified atom stereocenters. The van der Waals surface area contributed by atoms with Gasteiger partial charge in [0.05, 0.1) is 18.2 Å². The first-order valence-corrected chi connectivity index (χ1v) is 10.1. The number of carbonyl (C=O) groups excluding carboxylic acids is 2. The number of allylic oxidation sites excluding steroid dienone is 1. The SMILES string of the molecule is CCOc1ccc([C@@H]2NC(=O)NC(C)=C2C(=O)O[C@H]2CC[C@H](C)[C@H](C)C2)cc1. The first-order chi connectivity index (χ1) is 13.4. The van der Waals surface area contributed by atoms with Crippen molar-refractivity contribution >= 4 is 12.0 Å². The first kappa shape index (κ1) is 20.2. The Morgan fingerprint density at radius 3 is 2.50 bits per heavy atom. The third-order valence-corrected chi connectivity index (χ3v) is 5.84. The van der Waals surface area contributed by atoms with E-state index >= 15 is 0 Å². The zero-order valence-electron chi connectivity index (χ0n) is 17.1. The molecule has 3 rings (SSSR count). The van der Waals surface area contributed by atoms with E-state index in [1.54, 1.807) is 6.92 Å². The van der Waals surface area contributed by atoms with Crippen molar-refractivity contribution in [2.24, 2.45) is 11.8 Å². The molecule has 6 nitrogen and oxygen atoms in total. The van der Waals surface area contributed by atoms with Crippen LogP contribution in [0.2, 0.25) is 0 Å². The first-order valence-electron chi connectivity index (χ1n) is 10.1. The van der Waals surface area contributed by atoms with Gasteiger partial charge in [-0.1, -0.05) is 26.0 Å². The Morgan fingerprint density at radius 2 is 1.86 bits per heavy atom. The van der Waals surface area contributed by atoms with Gasteiger partial charge in [0.1, 0.15) is 11.9 Å². The van der Waals surface area contributed by atoms with Crippen LogP contribution in [0.3, 0.4) is 0 Å². The van der Waals surface area contributed by atoms with E-state index in [4.69, 9.17) is 9.47 Å². The molecule has 1 saturated carbocycles. The second-order valence-corrected chi connectivity index (χ2v) is 7.87. The Kier molecular flexibility index (Phi) is 6.27. The van der Waals surface area contributed by atoms with Crippen LogP contribution in [-0.4, -0.2) is 24.7 Å². The minimum atomic E-state index is -0.545. The third kappa shape index (κ3) is 4.49. The Balaban J connectivity index is 1.80. The van der Waals surface area contributed by atoms with E-state index in [2.05, 4.69) is 24.5 Å². The molecule has 2 aliphatic rings. The molecule has 1 aliphatic carbocycles. The van der Waals surface area contributed by atoms with E-state index in [9.17, 15) is 9.59 Å². The Labute approximate surface area is 166 Å². The number of amides is 2. The largest absolute Gasteiger partial charge is 0.494 e. The van der Waals surface area contributed by atoms with Crippen LogP contribution >= 0.6 is 0 Å². The highest BCUT2D eigenvalue weighted by atomic mass is 16.5. The molecular formula is C22H30N2O4. The maximum Gasteiger partial charge on any atom is 0.338 e. The zero-order chi connectivity index (χ0) is 20.3. The predicted molar refractivity (Wildman–Crippen MR) is 107 cm³/mol. The molecule has 1 aromatic rings. The van der Waals surface area contributed by atoms with Crippen LogP contribution in [0.5, 0.6) is 5.75 Å². The van der Waals surface area contributed by atoms with Gasteiger partial charge in [0.15, 0.2) is 0 Å². The Morgan fingerprint density at radius 1 is 1.14 bits per heavy atom. The number of nitrogens with one attached hydrogen (secondary N) is 2. The van der Waals surface area contributed by atoms with Crippen molar-refractivity contribution in [2.75, 3.05) is 6.61 Å². The van der Waals surface area contributed by atoms with Crippen LogP contribution in [0.4, 0.5) is 4.79 Å². The molecule has 0 radical (unpaired) electrons. The van der Waals surface area contributed by atoms with Crippen molar-refractivity contribution in [3.63, 3.8) is 0 Å². The molecule has 1 aromatic carbocycles. The summed E-state index contributed by atoms with van der Waals surface area (Å²) in [5.41, 5.74) is 1.80. The number of benzene rings is 1. The standard InChI is InChI=1S/C22H30N2O4/c1-5-27-17-10-7-16(8-11-17)20-19(15(4)23-22(26)24-20)21(25)28-18-9-6-13(2)14(3)12-18/h7-8,10-11,13-14,18,20H,5-6,9,12H2,1-4H3,(H2,23,24,26)/t13-,14+,18-,20-/m0/s1. The number of rotatable bonds is 5. The third-order valence-electron chi connectivity index (χ3n) is 5.84. The molecule has 1 fully saturated rings.